The molecule has 0 radical (unpaired) electrons. The normalized spacial score (nSPS) is 23.6. The fraction of sp³-hybridized carbons (Fsp3) is 0.800. The molecule has 1 amide bonds. The minimum Gasteiger partial charge on any atom is -0.481 e. The summed E-state index contributed by atoms with van der Waals surface area (Å²) in [7, 11) is -2.96. The number of rotatable bonds is 5. The lowest BCUT2D eigenvalue weighted by atomic mass is 9.79. The predicted octanol–water partition coefficient (Wildman–Crippen LogP) is 0.0678. The minimum absolute atomic E-state index is 0.0106. The van der Waals surface area contributed by atoms with E-state index in [1.54, 1.807) is 4.72 Å². The van der Waals surface area contributed by atoms with Crippen LogP contribution in [0.4, 0.5) is 4.79 Å². The van der Waals surface area contributed by atoms with Gasteiger partial charge in [-0.05, 0) is 18.8 Å². The van der Waals surface area contributed by atoms with Gasteiger partial charge in [-0.2, -0.15) is 13.1 Å². The highest BCUT2D eigenvalue weighted by molar-refractivity contribution is 7.88. The van der Waals surface area contributed by atoms with Crippen LogP contribution in [0.3, 0.4) is 0 Å². The van der Waals surface area contributed by atoms with Gasteiger partial charge in [0.05, 0.1) is 13.0 Å². The predicted molar refractivity (Wildman–Crippen MR) is 65.5 cm³/mol. The molecule has 0 bridgehead atoms. The fourth-order valence-corrected chi connectivity index (χ4v) is 2.99. The molecule has 9 heteroatoms. The third-order valence-electron chi connectivity index (χ3n) is 3.16. The van der Waals surface area contributed by atoms with E-state index in [9.17, 15) is 18.0 Å². The molecule has 8 nitrogen and oxygen atoms in total. The lowest BCUT2D eigenvalue weighted by Crippen LogP contribution is -2.44. The molecule has 1 saturated carbocycles. The monoisotopic (exact) mass is 294 g/mol. The summed E-state index contributed by atoms with van der Waals surface area (Å²) in [4.78, 5) is 21.9. The van der Waals surface area contributed by atoms with Gasteiger partial charge in [0.2, 0.25) is 0 Å². The van der Waals surface area contributed by atoms with Crippen molar-refractivity contribution >= 4 is 22.3 Å². The molecule has 0 saturated heterocycles. The van der Waals surface area contributed by atoms with Crippen molar-refractivity contribution in [2.24, 2.45) is 11.8 Å². The van der Waals surface area contributed by atoms with Gasteiger partial charge < -0.3 is 9.84 Å². The second kappa shape index (κ2) is 6.71. The van der Waals surface area contributed by atoms with Crippen LogP contribution in [0.5, 0.6) is 0 Å². The van der Waals surface area contributed by atoms with Crippen molar-refractivity contribution in [2.75, 3.05) is 13.7 Å². The topological polar surface area (TPSA) is 122 Å². The number of hydrogen-bond acceptors (Lipinski definition) is 5. The first-order valence-corrected chi connectivity index (χ1v) is 7.42. The summed E-state index contributed by atoms with van der Waals surface area (Å²) < 4.78 is 30.9. The molecule has 0 aromatic heterocycles. The first-order chi connectivity index (χ1) is 8.85. The average molecular weight is 294 g/mol. The van der Waals surface area contributed by atoms with E-state index in [1.165, 1.54) is 0 Å². The fourth-order valence-electron chi connectivity index (χ4n) is 2.18. The van der Waals surface area contributed by atoms with Crippen LogP contribution in [0.2, 0.25) is 0 Å². The Morgan fingerprint density at radius 2 is 1.95 bits per heavy atom. The standard InChI is InChI=1S/C10H18N2O6S/c1-18-10(15)12-19(16,17)11-6-7-4-2-3-5-8(7)9(13)14/h7-8,11H,2-6H2,1H3,(H,12,15)(H,13,14). The molecule has 3 N–H and O–H groups in total. The molecule has 1 fully saturated rings. The Hall–Kier alpha value is -1.35. The smallest absolute Gasteiger partial charge is 0.421 e. The summed E-state index contributed by atoms with van der Waals surface area (Å²) in [5, 5.41) is 9.05. The van der Waals surface area contributed by atoms with Crippen molar-refractivity contribution in [2.45, 2.75) is 25.7 Å². The van der Waals surface area contributed by atoms with Crippen LogP contribution in [0, 0.1) is 11.8 Å². The van der Waals surface area contributed by atoms with Crippen LogP contribution < -0.4 is 9.44 Å². The van der Waals surface area contributed by atoms with Crippen LogP contribution in [0.15, 0.2) is 0 Å². The second-order valence-electron chi connectivity index (χ2n) is 4.43. The first-order valence-electron chi connectivity index (χ1n) is 5.94. The molecule has 0 spiro atoms. The van der Waals surface area contributed by atoms with E-state index in [2.05, 4.69) is 9.46 Å². The Labute approximate surface area is 111 Å². The molecule has 19 heavy (non-hydrogen) atoms. The summed E-state index contributed by atoms with van der Waals surface area (Å²) in [5.74, 6) is -1.72. The summed E-state index contributed by atoms with van der Waals surface area (Å²) in [6, 6.07) is 0. The summed E-state index contributed by atoms with van der Waals surface area (Å²) in [5.41, 5.74) is 0. The van der Waals surface area contributed by atoms with Gasteiger partial charge in [0, 0.05) is 6.54 Å². The number of hydrogen-bond donors (Lipinski definition) is 3. The molecule has 0 aromatic carbocycles. The Kier molecular flexibility index (Phi) is 5.55. The van der Waals surface area contributed by atoms with Gasteiger partial charge in [-0.1, -0.05) is 12.8 Å². The zero-order chi connectivity index (χ0) is 14.5. The Balaban J connectivity index is 2.54. The zero-order valence-electron chi connectivity index (χ0n) is 10.6. The van der Waals surface area contributed by atoms with Crippen molar-refractivity contribution in [3.05, 3.63) is 0 Å². The number of carboxylic acid groups (broad SMARTS) is 1. The minimum atomic E-state index is -4.01. The number of ether oxygens (including phenoxy) is 1. The highest BCUT2D eigenvalue weighted by atomic mass is 32.2. The highest BCUT2D eigenvalue weighted by Gasteiger charge is 2.31. The van der Waals surface area contributed by atoms with Crippen molar-refractivity contribution in [3.63, 3.8) is 0 Å². The lowest BCUT2D eigenvalue weighted by Gasteiger charge is -2.28. The third kappa shape index (κ3) is 5.03. The van der Waals surface area contributed by atoms with Gasteiger partial charge in [0.15, 0.2) is 0 Å². The van der Waals surface area contributed by atoms with Crippen LogP contribution in [0.25, 0.3) is 0 Å². The van der Waals surface area contributed by atoms with E-state index in [1.807, 2.05) is 0 Å². The van der Waals surface area contributed by atoms with Gasteiger partial charge in [0.1, 0.15) is 0 Å². The van der Waals surface area contributed by atoms with Crippen LogP contribution in [0.1, 0.15) is 25.7 Å². The summed E-state index contributed by atoms with van der Waals surface area (Å²) >= 11 is 0. The van der Waals surface area contributed by atoms with Crippen molar-refractivity contribution < 1.29 is 27.9 Å². The molecule has 1 aliphatic carbocycles. The van der Waals surface area contributed by atoms with E-state index in [-0.39, 0.29) is 12.5 Å². The van der Waals surface area contributed by atoms with Crippen LogP contribution in [-0.4, -0.2) is 39.2 Å². The number of carbonyl (C=O) groups is 2. The third-order valence-corrected chi connectivity index (χ3v) is 4.15. The van der Waals surface area contributed by atoms with E-state index in [4.69, 9.17) is 5.11 Å². The number of carbonyl (C=O) groups excluding carboxylic acids is 1. The maximum Gasteiger partial charge on any atom is 0.421 e. The van der Waals surface area contributed by atoms with E-state index < -0.39 is 28.2 Å². The van der Waals surface area contributed by atoms with Crippen molar-refractivity contribution in [1.29, 1.82) is 0 Å². The van der Waals surface area contributed by atoms with Gasteiger partial charge in [-0.15, -0.1) is 0 Å². The Morgan fingerprint density at radius 3 is 2.53 bits per heavy atom. The van der Waals surface area contributed by atoms with Gasteiger partial charge in [-0.3, -0.25) is 4.79 Å². The number of amides is 1. The first kappa shape index (κ1) is 15.7. The maximum absolute atomic E-state index is 11.4. The second-order valence-corrected chi connectivity index (χ2v) is 5.93. The summed E-state index contributed by atoms with van der Waals surface area (Å²) in [6.45, 7) is -0.0106. The molecule has 0 aliphatic heterocycles. The molecule has 0 aromatic rings. The SMILES string of the molecule is COC(=O)NS(=O)(=O)NCC1CCCCC1C(=O)O. The molecular formula is C10H18N2O6S. The quantitative estimate of drug-likeness (QED) is 0.659. The molecule has 1 rings (SSSR count). The van der Waals surface area contributed by atoms with Crippen molar-refractivity contribution in [3.8, 4) is 0 Å². The van der Waals surface area contributed by atoms with E-state index >= 15 is 0 Å². The number of nitrogens with one attached hydrogen (secondary N) is 2. The van der Waals surface area contributed by atoms with Gasteiger partial charge in [-0.25, -0.2) is 9.52 Å². The number of methoxy groups -OCH3 is 1. The summed E-state index contributed by atoms with van der Waals surface area (Å²) in [6.07, 6.45) is 1.82. The highest BCUT2D eigenvalue weighted by Crippen LogP contribution is 2.29. The lowest BCUT2D eigenvalue weighted by molar-refractivity contribution is -0.144. The zero-order valence-corrected chi connectivity index (χ0v) is 11.4. The van der Waals surface area contributed by atoms with E-state index in [0.29, 0.717) is 12.8 Å². The van der Waals surface area contributed by atoms with Crippen LogP contribution in [-0.2, 0) is 19.7 Å². The van der Waals surface area contributed by atoms with E-state index in [0.717, 1.165) is 20.0 Å². The molecule has 2 unspecified atom stereocenters. The van der Waals surface area contributed by atoms with Gasteiger partial charge >= 0.3 is 22.3 Å². The molecular weight excluding hydrogens is 276 g/mol. The molecule has 2 atom stereocenters. The number of carboxylic acids is 1. The Bertz CT molecular complexity index is 435. The van der Waals surface area contributed by atoms with Crippen molar-refractivity contribution in [1.82, 2.24) is 9.44 Å². The maximum atomic E-state index is 11.4. The number of aliphatic carboxylic acids is 1. The molecule has 1 aliphatic rings. The molecule has 110 valence electrons. The van der Waals surface area contributed by atoms with Crippen LogP contribution >= 0.6 is 0 Å². The molecule has 0 heterocycles. The van der Waals surface area contributed by atoms with Gasteiger partial charge in [0.25, 0.3) is 0 Å². The largest absolute Gasteiger partial charge is 0.481 e. The average Bonchev–Trinajstić information content (AvgIpc) is 2.36. The Morgan fingerprint density at radius 1 is 1.32 bits per heavy atom.